The average Bonchev–Trinajstić information content (AvgIpc) is 2.42. The molecule has 0 radical (unpaired) electrons. The number of halogens is 4. The molecule has 0 atom stereocenters. The summed E-state index contributed by atoms with van der Waals surface area (Å²) in [6.45, 7) is 0. The fourth-order valence-corrected chi connectivity index (χ4v) is 1.99. The summed E-state index contributed by atoms with van der Waals surface area (Å²) in [7, 11) is 0. The van der Waals surface area contributed by atoms with Crippen molar-refractivity contribution < 1.29 is 23.1 Å². The molecule has 2 rings (SSSR count). The van der Waals surface area contributed by atoms with E-state index in [1.165, 1.54) is 30.5 Å². The third-order valence-corrected chi connectivity index (χ3v) is 3.05. The van der Waals surface area contributed by atoms with Crippen LogP contribution < -0.4 is 4.74 Å². The third kappa shape index (κ3) is 3.98. The van der Waals surface area contributed by atoms with Crippen LogP contribution in [-0.4, -0.2) is 11.4 Å². The smallest absolute Gasteiger partial charge is 0.420 e. The zero-order valence-corrected chi connectivity index (χ0v) is 12.0. The molecule has 0 saturated heterocycles. The second-order valence-electron chi connectivity index (χ2n) is 4.05. The number of hydrogen-bond acceptors (Lipinski definition) is 3. The van der Waals surface area contributed by atoms with Crippen LogP contribution in [0.1, 0.15) is 11.1 Å². The normalized spacial score (nSPS) is 11.8. The second kappa shape index (κ2) is 6.17. The molecule has 110 valence electrons. The Kier molecular flexibility index (Phi) is 4.52. The van der Waals surface area contributed by atoms with E-state index in [9.17, 15) is 13.2 Å². The van der Waals surface area contributed by atoms with Gasteiger partial charge >= 0.3 is 6.18 Å². The number of alkyl halides is 3. The van der Waals surface area contributed by atoms with E-state index < -0.39 is 11.7 Å². The number of oxime groups is 1. The van der Waals surface area contributed by atoms with E-state index in [0.29, 0.717) is 10.0 Å². The number of ether oxygens (including phenoxy) is 1. The van der Waals surface area contributed by atoms with E-state index in [1.807, 2.05) is 0 Å². The van der Waals surface area contributed by atoms with Crippen LogP contribution >= 0.6 is 15.9 Å². The van der Waals surface area contributed by atoms with Crippen LogP contribution in [0.3, 0.4) is 0 Å². The van der Waals surface area contributed by atoms with Crippen molar-refractivity contribution in [2.45, 2.75) is 6.18 Å². The lowest BCUT2D eigenvalue weighted by molar-refractivity contribution is -0.138. The number of rotatable bonds is 3. The molecule has 2 aromatic carbocycles. The SMILES string of the molecule is ON=Cc1ccc(Oc2ccc(Br)cc2C(F)(F)F)cc1. The molecule has 0 unspecified atom stereocenters. The van der Waals surface area contributed by atoms with Crippen LogP contribution in [0.2, 0.25) is 0 Å². The van der Waals surface area contributed by atoms with Gasteiger partial charge in [-0.3, -0.25) is 0 Å². The fraction of sp³-hybridized carbons (Fsp3) is 0.0714. The molecule has 0 fully saturated rings. The van der Waals surface area contributed by atoms with Crippen LogP contribution in [-0.2, 0) is 6.18 Å². The van der Waals surface area contributed by atoms with Crippen molar-refractivity contribution in [3.8, 4) is 11.5 Å². The van der Waals surface area contributed by atoms with E-state index in [0.717, 1.165) is 6.07 Å². The largest absolute Gasteiger partial charge is 0.457 e. The van der Waals surface area contributed by atoms with Crippen LogP contribution in [0.25, 0.3) is 0 Å². The van der Waals surface area contributed by atoms with Gasteiger partial charge in [-0.05, 0) is 48.0 Å². The summed E-state index contributed by atoms with van der Waals surface area (Å²) in [6, 6.07) is 9.76. The second-order valence-corrected chi connectivity index (χ2v) is 4.97. The molecular weight excluding hydrogens is 351 g/mol. The van der Waals surface area contributed by atoms with E-state index in [2.05, 4.69) is 21.1 Å². The lowest BCUT2D eigenvalue weighted by atomic mass is 10.2. The zero-order valence-electron chi connectivity index (χ0n) is 10.4. The van der Waals surface area contributed by atoms with Gasteiger partial charge in [0.1, 0.15) is 11.5 Å². The molecule has 0 aliphatic rings. The summed E-state index contributed by atoms with van der Waals surface area (Å²) in [5.41, 5.74) is -0.269. The van der Waals surface area contributed by atoms with Crippen molar-refractivity contribution in [2.24, 2.45) is 5.16 Å². The monoisotopic (exact) mass is 359 g/mol. The minimum atomic E-state index is -4.51. The summed E-state index contributed by atoms with van der Waals surface area (Å²) < 4.78 is 44.4. The summed E-state index contributed by atoms with van der Waals surface area (Å²) in [5.74, 6) is -0.0350. The quantitative estimate of drug-likeness (QED) is 0.472. The molecule has 0 spiro atoms. The van der Waals surface area contributed by atoms with Crippen molar-refractivity contribution in [1.82, 2.24) is 0 Å². The lowest BCUT2D eigenvalue weighted by Gasteiger charge is -2.14. The Morgan fingerprint density at radius 2 is 1.76 bits per heavy atom. The Morgan fingerprint density at radius 1 is 1.10 bits per heavy atom. The molecule has 1 N–H and O–H groups in total. The first-order chi connectivity index (χ1) is 9.90. The van der Waals surface area contributed by atoms with Gasteiger partial charge in [-0.15, -0.1) is 0 Å². The first-order valence-corrected chi connectivity index (χ1v) is 6.51. The Morgan fingerprint density at radius 3 is 2.33 bits per heavy atom. The van der Waals surface area contributed by atoms with E-state index in [4.69, 9.17) is 9.94 Å². The summed E-state index contributed by atoms with van der Waals surface area (Å²) in [6.07, 6.45) is -3.31. The Bertz CT molecular complexity index is 654. The highest BCUT2D eigenvalue weighted by molar-refractivity contribution is 9.10. The van der Waals surface area contributed by atoms with Gasteiger partial charge in [-0.2, -0.15) is 13.2 Å². The van der Waals surface area contributed by atoms with Crippen LogP contribution in [0.4, 0.5) is 13.2 Å². The maximum Gasteiger partial charge on any atom is 0.420 e. The molecule has 7 heteroatoms. The topological polar surface area (TPSA) is 41.8 Å². The fourth-order valence-electron chi connectivity index (χ4n) is 1.63. The van der Waals surface area contributed by atoms with Crippen LogP contribution in [0.5, 0.6) is 11.5 Å². The molecule has 21 heavy (non-hydrogen) atoms. The average molecular weight is 360 g/mol. The highest BCUT2D eigenvalue weighted by Crippen LogP contribution is 2.39. The van der Waals surface area contributed by atoms with Crippen molar-refractivity contribution in [1.29, 1.82) is 0 Å². The predicted octanol–water partition coefficient (Wildman–Crippen LogP) is 5.07. The highest BCUT2D eigenvalue weighted by Gasteiger charge is 2.34. The van der Waals surface area contributed by atoms with Crippen molar-refractivity contribution >= 4 is 22.1 Å². The molecule has 2 aromatic rings. The number of hydrogen-bond donors (Lipinski definition) is 1. The lowest BCUT2D eigenvalue weighted by Crippen LogP contribution is -2.07. The Hall–Kier alpha value is -2.02. The maximum absolute atomic E-state index is 12.9. The van der Waals surface area contributed by atoms with Crippen LogP contribution in [0, 0.1) is 0 Å². The molecule has 0 aromatic heterocycles. The predicted molar refractivity (Wildman–Crippen MR) is 75.0 cm³/mol. The van der Waals surface area contributed by atoms with Gasteiger partial charge in [0.15, 0.2) is 0 Å². The van der Waals surface area contributed by atoms with Gasteiger partial charge in [-0.1, -0.05) is 21.1 Å². The molecule has 0 bridgehead atoms. The summed E-state index contributed by atoms with van der Waals surface area (Å²) in [5, 5.41) is 11.2. The van der Waals surface area contributed by atoms with Gasteiger partial charge in [0.25, 0.3) is 0 Å². The standard InChI is InChI=1S/C14H9BrF3NO2/c15-10-3-6-13(12(7-10)14(16,17)18)21-11-4-1-9(2-5-11)8-19-20/h1-8,20H. The van der Waals surface area contributed by atoms with Crippen LogP contribution in [0.15, 0.2) is 52.1 Å². The molecule has 3 nitrogen and oxygen atoms in total. The number of benzene rings is 2. The van der Waals surface area contributed by atoms with Gasteiger partial charge in [0, 0.05) is 4.47 Å². The first kappa shape index (κ1) is 15.4. The summed E-state index contributed by atoms with van der Waals surface area (Å²) in [4.78, 5) is 0. The van der Waals surface area contributed by atoms with Crippen molar-refractivity contribution in [3.05, 3.63) is 58.1 Å². The van der Waals surface area contributed by atoms with E-state index >= 15 is 0 Å². The molecule has 0 aliphatic carbocycles. The van der Waals surface area contributed by atoms with E-state index in [-0.39, 0.29) is 11.5 Å². The van der Waals surface area contributed by atoms with Gasteiger partial charge in [0.2, 0.25) is 0 Å². The molecule has 0 aliphatic heterocycles. The minimum Gasteiger partial charge on any atom is -0.457 e. The molecule has 0 heterocycles. The Balaban J connectivity index is 2.31. The molecule has 0 amide bonds. The Labute approximate surface area is 126 Å². The van der Waals surface area contributed by atoms with Gasteiger partial charge < -0.3 is 9.94 Å². The van der Waals surface area contributed by atoms with Crippen molar-refractivity contribution in [3.63, 3.8) is 0 Å². The molecule has 0 saturated carbocycles. The van der Waals surface area contributed by atoms with Crippen molar-refractivity contribution in [2.75, 3.05) is 0 Å². The van der Waals surface area contributed by atoms with E-state index in [1.54, 1.807) is 12.1 Å². The van der Waals surface area contributed by atoms with Gasteiger partial charge in [-0.25, -0.2) is 0 Å². The summed E-state index contributed by atoms with van der Waals surface area (Å²) >= 11 is 3.01. The first-order valence-electron chi connectivity index (χ1n) is 5.72. The maximum atomic E-state index is 12.9. The highest BCUT2D eigenvalue weighted by atomic mass is 79.9. The third-order valence-electron chi connectivity index (χ3n) is 2.56. The van der Waals surface area contributed by atoms with Gasteiger partial charge in [0.05, 0.1) is 11.8 Å². The zero-order chi connectivity index (χ0) is 15.5. The minimum absolute atomic E-state index is 0.248. The number of nitrogens with zero attached hydrogens (tertiary/aromatic N) is 1. The molecular formula is C14H9BrF3NO2.